The number of ether oxygens (including phenoxy) is 2. The molecule has 5 nitrogen and oxygen atoms in total. The van der Waals surface area contributed by atoms with E-state index in [-0.39, 0.29) is 12.3 Å². The van der Waals surface area contributed by atoms with E-state index in [2.05, 4.69) is 23.3 Å². The second kappa shape index (κ2) is 7.67. The van der Waals surface area contributed by atoms with Gasteiger partial charge in [0.15, 0.2) is 16.6 Å². The Labute approximate surface area is 154 Å². The number of hydrogen-bond donors (Lipinski definition) is 1. The van der Waals surface area contributed by atoms with Crippen molar-refractivity contribution in [2.75, 3.05) is 19.5 Å². The summed E-state index contributed by atoms with van der Waals surface area (Å²) in [4.78, 5) is 19.1. The molecular weight excluding hydrogens is 356 g/mol. The Morgan fingerprint density at radius 3 is 2.64 bits per heavy atom. The first-order chi connectivity index (χ1) is 12.1. The molecule has 0 spiro atoms. The number of nitrogens with zero attached hydrogens (tertiary/aromatic N) is 1. The Balaban J connectivity index is 1.66. The Hall–Kier alpha value is -2.38. The number of aryl methyl sites for hydroxylation is 1. The molecule has 0 saturated heterocycles. The molecule has 2 aromatic heterocycles. The van der Waals surface area contributed by atoms with E-state index in [0.29, 0.717) is 16.6 Å². The van der Waals surface area contributed by atoms with Crippen LogP contribution in [0.2, 0.25) is 0 Å². The zero-order valence-corrected chi connectivity index (χ0v) is 15.8. The zero-order chi connectivity index (χ0) is 17.8. The van der Waals surface area contributed by atoms with Gasteiger partial charge in [-0.1, -0.05) is 6.07 Å². The molecule has 1 amide bonds. The van der Waals surface area contributed by atoms with Crippen LogP contribution in [0.5, 0.6) is 11.5 Å². The lowest BCUT2D eigenvalue weighted by Crippen LogP contribution is -2.14. The molecule has 0 atom stereocenters. The van der Waals surface area contributed by atoms with Gasteiger partial charge in [0, 0.05) is 10.3 Å². The summed E-state index contributed by atoms with van der Waals surface area (Å²) in [6, 6.07) is 9.56. The summed E-state index contributed by atoms with van der Waals surface area (Å²) >= 11 is 3.11. The van der Waals surface area contributed by atoms with E-state index in [0.717, 1.165) is 16.1 Å². The summed E-state index contributed by atoms with van der Waals surface area (Å²) in [6.45, 7) is 2.06. The van der Waals surface area contributed by atoms with E-state index >= 15 is 0 Å². The fourth-order valence-corrected chi connectivity index (χ4v) is 3.99. The molecule has 0 fully saturated rings. The minimum atomic E-state index is -0.115. The van der Waals surface area contributed by atoms with Crippen molar-refractivity contribution in [1.82, 2.24) is 4.98 Å². The average Bonchev–Trinajstić information content (AvgIpc) is 3.23. The van der Waals surface area contributed by atoms with Crippen molar-refractivity contribution < 1.29 is 14.3 Å². The number of thiazole rings is 1. The van der Waals surface area contributed by atoms with E-state index in [1.54, 1.807) is 37.7 Å². The highest BCUT2D eigenvalue weighted by Crippen LogP contribution is 2.31. The molecule has 0 aliphatic heterocycles. The Kier molecular flexibility index (Phi) is 5.35. The molecule has 130 valence electrons. The fourth-order valence-electron chi connectivity index (χ4n) is 2.36. The van der Waals surface area contributed by atoms with Crippen LogP contribution in [0, 0.1) is 6.92 Å². The van der Waals surface area contributed by atoms with Gasteiger partial charge in [-0.25, -0.2) is 4.98 Å². The lowest BCUT2D eigenvalue weighted by atomic mass is 10.1. The normalized spacial score (nSPS) is 10.5. The van der Waals surface area contributed by atoms with Crippen LogP contribution in [-0.2, 0) is 11.2 Å². The lowest BCUT2D eigenvalue weighted by molar-refractivity contribution is -0.115. The quantitative estimate of drug-likeness (QED) is 0.696. The second-order valence-electron chi connectivity index (χ2n) is 5.36. The molecule has 0 radical (unpaired) electrons. The van der Waals surface area contributed by atoms with Gasteiger partial charge in [-0.3, -0.25) is 4.79 Å². The van der Waals surface area contributed by atoms with Gasteiger partial charge in [0.1, 0.15) is 0 Å². The molecule has 1 N–H and O–H groups in total. The Morgan fingerprint density at radius 1 is 1.16 bits per heavy atom. The maximum atomic E-state index is 12.3. The summed E-state index contributed by atoms with van der Waals surface area (Å²) in [6.07, 6.45) is 0.243. The minimum absolute atomic E-state index is 0.115. The smallest absolute Gasteiger partial charge is 0.230 e. The van der Waals surface area contributed by atoms with Crippen LogP contribution in [0.25, 0.3) is 10.6 Å². The van der Waals surface area contributed by atoms with Crippen molar-refractivity contribution in [3.8, 4) is 22.1 Å². The van der Waals surface area contributed by atoms with Gasteiger partial charge < -0.3 is 14.8 Å². The molecule has 0 bridgehead atoms. The summed E-state index contributed by atoms with van der Waals surface area (Å²) in [5, 5.41) is 5.41. The van der Waals surface area contributed by atoms with Crippen molar-refractivity contribution in [3.05, 3.63) is 46.2 Å². The SMILES string of the molecule is COc1ccc(CC(=O)Nc2nc(-c3ccc(C)s3)cs2)cc1OC. The summed E-state index contributed by atoms with van der Waals surface area (Å²) < 4.78 is 10.5. The monoisotopic (exact) mass is 374 g/mol. The maximum Gasteiger partial charge on any atom is 0.230 e. The number of carbonyl (C=O) groups excluding carboxylic acids is 1. The van der Waals surface area contributed by atoms with Crippen molar-refractivity contribution in [1.29, 1.82) is 0 Å². The largest absolute Gasteiger partial charge is 0.493 e. The summed E-state index contributed by atoms with van der Waals surface area (Å²) in [5.74, 6) is 1.13. The van der Waals surface area contributed by atoms with Crippen LogP contribution in [0.4, 0.5) is 5.13 Å². The van der Waals surface area contributed by atoms with Crippen molar-refractivity contribution in [3.63, 3.8) is 0 Å². The van der Waals surface area contributed by atoms with E-state index in [9.17, 15) is 4.79 Å². The van der Waals surface area contributed by atoms with E-state index < -0.39 is 0 Å². The lowest BCUT2D eigenvalue weighted by Gasteiger charge is -2.09. The van der Waals surface area contributed by atoms with Crippen molar-refractivity contribution >= 4 is 33.7 Å². The van der Waals surface area contributed by atoms with Gasteiger partial charge in [-0.05, 0) is 36.8 Å². The maximum absolute atomic E-state index is 12.3. The van der Waals surface area contributed by atoms with Gasteiger partial charge in [0.25, 0.3) is 0 Å². The highest BCUT2D eigenvalue weighted by Gasteiger charge is 2.11. The van der Waals surface area contributed by atoms with Gasteiger partial charge in [0.2, 0.25) is 5.91 Å². The summed E-state index contributed by atoms with van der Waals surface area (Å²) in [5.41, 5.74) is 1.74. The van der Waals surface area contributed by atoms with Gasteiger partial charge in [0.05, 0.1) is 31.2 Å². The van der Waals surface area contributed by atoms with Crippen LogP contribution < -0.4 is 14.8 Å². The number of methoxy groups -OCH3 is 2. The number of hydrogen-bond acceptors (Lipinski definition) is 6. The number of carbonyl (C=O) groups is 1. The first kappa shape index (κ1) is 17.4. The van der Waals surface area contributed by atoms with Gasteiger partial charge >= 0.3 is 0 Å². The molecule has 3 aromatic rings. The van der Waals surface area contributed by atoms with Gasteiger partial charge in [-0.2, -0.15) is 0 Å². The molecule has 1 aromatic carbocycles. The Morgan fingerprint density at radius 2 is 1.96 bits per heavy atom. The number of amides is 1. The predicted octanol–water partition coefficient (Wildman–Crippen LogP) is 4.38. The zero-order valence-electron chi connectivity index (χ0n) is 14.2. The predicted molar refractivity (Wildman–Crippen MR) is 102 cm³/mol. The van der Waals surface area contributed by atoms with Crippen LogP contribution in [0.3, 0.4) is 0 Å². The van der Waals surface area contributed by atoms with E-state index in [1.165, 1.54) is 16.2 Å². The van der Waals surface area contributed by atoms with Gasteiger partial charge in [-0.15, -0.1) is 22.7 Å². The second-order valence-corrected chi connectivity index (χ2v) is 7.51. The third-order valence-corrected chi connectivity index (χ3v) is 5.34. The van der Waals surface area contributed by atoms with E-state index in [1.807, 2.05) is 17.5 Å². The number of nitrogens with one attached hydrogen (secondary N) is 1. The highest BCUT2D eigenvalue weighted by atomic mass is 32.1. The first-order valence-electron chi connectivity index (χ1n) is 7.62. The molecule has 0 unspecified atom stereocenters. The summed E-state index contributed by atoms with van der Waals surface area (Å²) in [7, 11) is 3.16. The third-order valence-electron chi connectivity index (χ3n) is 3.56. The van der Waals surface area contributed by atoms with Crippen molar-refractivity contribution in [2.45, 2.75) is 13.3 Å². The molecular formula is C18H18N2O3S2. The van der Waals surface area contributed by atoms with Crippen molar-refractivity contribution in [2.24, 2.45) is 0 Å². The number of aromatic nitrogens is 1. The van der Waals surface area contributed by atoms with Crippen LogP contribution in [0.15, 0.2) is 35.7 Å². The van der Waals surface area contributed by atoms with Crippen LogP contribution in [0.1, 0.15) is 10.4 Å². The van der Waals surface area contributed by atoms with Crippen LogP contribution in [-0.4, -0.2) is 25.1 Å². The standard InChI is InChI=1S/C18H18N2O3S2/c1-11-4-7-16(25-11)13-10-24-18(19-13)20-17(21)9-12-5-6-14(22-2)15(8-12)23-3/h4-8,10H,9H2,1-3H3,(H,19,20,21). The third kappa shape index (κ3) is 4.18. The molecule has 3 rings (SSSR count). The Bertz CT molecular complexity index is 886. The fraction of sp³-hybridized carbons (Fsp3) is 0.222. The number of benzene rings is 1. The molecule has 0 aliphatic carbocycles. The number of anilines is 1. The number of thiophene rings is 1. The number of rotatable bonds is 6. The highest BCUT2D eigenvalue weighted by molar-refractivity contribution is 7.17. The molecule has 0 saturated carbocycles. The molecule has 25 heavy (non-hydrogen) atoms. The molecule has 7 heteroatoms. The molecule has 0 aliphatic rings. The van der Waals surface area contributed by atoms with E-state index in [4.69, 9.17) is 9.47 Å². The minimum Gasteiger partial charge on any atom is -0.493 e. The first-order valence-corrected chi connectivity index (χ1v) is 9.31. The topological polar surface area (TPSA) is 60.5 Å². The van der Waals surface area contributed by atoms with Crippen LogP contribution >= 0.6 is 22.7 Å². The molecule has 2 heterocycles. The average molecular weight is 374 g/mol.